The fourth-order valence-corrected chi connectivity index (χ4v) is 3.74. The van der Waals surface area contributed by atoms with Gasteiger partial charge in [-0.25, -0.2) is 0 Å². The van der Waals surface area contributed by atoms with Crippen molar-refractivity contribution in [2.75, 3.05) is 31.2 Å². The second-order valence-electron chi connectivity index (χ2n) is 6.85. The van der Waals surface area contributed by atoms with Crippen LogP contribution < -0.4 is 21.8 Å². The second-order valence-corrected chi connectivity index (χ2v) is 6.85. The quantitative estimate of drug-likeness (QED) is 0.210. The van der Waals surface area contributed by atoms with E-state index in [1.165, 1.54) is 0 Å². The van der Waals surface area contributed by atoms with Crippen LogP contribution in [0.15, 0.2) is 66.7 Å². The summed E-state index contributed by atoms with van der Waals surface area (Å²) in [6.45, 7) is 2.31. The molecule has 3 aromatic carbocycles. The average Bonchev–Trinajstić information content (AvgIpc) is 2.71. The van der Waals surface area contributed by atoms with E-state index in [0.717, 1.165) is 44.3 Å². The summed E-state index contributed by atoms with van der Waals surface area (Å²) in [4.78, 5) is 0. The van der Waals surface area contributed by atoms with Gasteiger partial charge in [-0.1, -0.05) is 24.3 Å². The standard InChI is InChI=1S/C23H24N4O/c24-10-12-28-13-11-27-22-15-18(26)7-9-20(22)19-8-6-17(25)14-21(19)23(27)16-4-2-1-3-5-16/h1-9,14-15,26H,10-13,24-25H2/p+1. The molecule has 0 amide bonds. The van der Waals surface area contributed by atoms with Crippen LogP contribution in [-0.4, -0.2) is 19.8 Å². The van der Waals surface area contributed by atoms with E-state index in [1.54, 1.807) is 0 Å². The molecule has 0 saturated heterocycles. The van der Waals surface area contributed by atoms with Crippen LogP contribution in [0.2, 0.25) is 0 Å². The molecule has 4 aromatic rings. The monoisotopic (exact) mass is 373 g/mol. The first-order valence-electron chi connectivity index (χ1n) is 9.46. The van der Waals surface area contributed by atoms with Crippen LogP contribution in [0.25, 0.3) is 32.9 Å². The Balaban J connectivity index is 2.06. The van der Waals surface area contributed by atoms with Crippen LogP contribution >= 0.6 is 0 Å². The normalized spacial score (nSPS) is 11.3. The van der Waals surface area contributed by atoms with Crippen molar-refractivity contribution in [2.24, 2.45) is 5.73 Å². The lowest BCUT2D eigenvalue weighted by Crippen LogP contribution is -2.40. The average molecular weight is 373 g/mol. The lowest BCUT2D eigenvalue weighted by molar-refractivity contribution is -0.661. The van der Waals surface area contributed by atoms with E-state index in [4.69, 9.17) is 21.9 Å². The number of hydrogen-bond donors (Lipinski definition) is 3. The van der Waals surface area contributed by atoms with Gasteiger partial charge in [-0.05, 0) is 36.4 Å². The number of rotatable bonds is 6. The molecule has 4 rings (SSSR count). The third-order valence-corrected chi connectivity index (χ3v) is 4.94. The van der Waals surface area contributed by atoms with Crippen LogP contribution in [0.5, 0.6) is 0 Å². The maximum atomic E-state index is 6.16. The van der Waals surface area contributed by atoms with E-state index in [0.29, 0.717) is 26.3 Å². The smallest absolute Gasteiger partial charge is 0.221 e. The third-order valence-electron chi connectivity index (χ3n) is 4.94. The lowest BCUT2D eigenvalue weighted by Gasteiger charge is -2.13. The van der Waals surface area contributed by atoms with E-state index in [1.807, 2.05) is 42.5 Å². The molecule has 0 atom stereocenters. The number of fused-ring (bicyclic) bond motifs is 3. The van der Waals surface area contributed by atoms with E-state index in [9.17, 15) is 0 Å². The number of ether oxygens (including phenoxy) is 1. The fourth-order valence-electron chi connectivity index (χ4n) is 3.74. The first-order chi connectivity index (χ1) is 13.7. The highest BCUT2D eigenvalue weighted by Gasteiger charge is 2.23. The van der Waals surface area contributed by atoms with Crippen LogP contribution in [0.4, 0.5) is 11.4 Å². The predicted molar refractivity (Wildman–Crippen MR) is 116 cm³/mol. The number of pyridine rings is 1. The Kier molecular flexibility index (Phi) is 5.10. The topological polar surface area (TPSA) is 91.2 Å². The third kappa shape index (κ3) is 3.38. The summed E-state index contributed by atoms with van der Waals surface area (Å²) in [5.74, 6) is 0. The highest BCUT2D eigenvalue weighted by molar-refractivity contribution is 6.10. The van der Waals surface area contributed by atoms with E-state index < -0.39 is 0 Å². The van der Waals surface area contributed by atoms with Crippen molar-refractivity contribution >= 4 is 33.1 Å². The van der Waals surface area contributed by atoms with Crippen LogP contribution in [0.1, 0.15) is 0 Å². The summed E-state index contributed by atoms with van der Waals surface area (Å²) >= 11 is 0. The first kappa shape index (κ1) is 18.2. The van der Waals surface area contributed by atoms with Crippen molar-refractivity contribution in [2.45, 2.75) is 6.54 Å². The van der Waals surface area contributed by atoms with Gasteiger partial charge in [-0.3, -0.25) is 0 Å². The number of anilines is 2. The maximum Gasteiger partial charge on any atom is 0.221 e. The number of hydrogen-bond acceptors (Lipinski definition) is 4. The van der Waals surface area contributed by atoms with Gasteiger partial charge in [0.1, 0.15) is 6.61 Å². The zero-order valence-corrected chi connectivity index (χ0v) is 15.8. The van der Waals surface area contributed by atoms with Crippen molar-refractivity contribution in [3.63, 3.8) is 0 Å². The van der Waals surface area contributed by atoms with Crippen molar-refractivity contribution in [1.82, 2.24) is 0 Å². The molecule has 142 valence electrons. The highest BCUT2D eigenvalue weighted by Crippen LogP contribution is 2.33. The van der Waals surface area contributed by atoms with E-state index in [-0.39, 0.29) is 0 Å². The molecular weight excluding hydrogens is 348 g/mol. The van der Waals surface area contributed by atoms with Gasteiger partial charge in [0, 0.05) is 34.9 Å². The second kappa shape index (κ2) is 7.84. The number of aromatic nitrogens is 1. The van der Waals surface area contributed by atoms with Gasteiger partial charge in [-0.2, -0.15) is 4.57 Å². The Morgan fingerprint density at radius 1 is 0.750 bits per heavy atom. The Labute approximate surface area is 164 Å². The molecule has 6 N–H and O–H groups in total. The molecular formula is C23H25N4O+. The van der Waals surface area contributed by atoms with Crippen molar-refractivity contribution < 1.29 is 9.30 Å². The Morgan fingerprint density at radius 3 is 2.21 bits per heavy atom. The fraction of sp³-hybridized carbons (Fsp3) is 0.174. The molecule has 0 saturated carbocycles. The molecule has 1 aromatic heterocycles. The summed E-state index contributed by atoms with van der Waals surface area (Å²) in [7, 11) is 0. The minimum Gasteiger partial charge on any atom is -0.399 e. The molecule has 1 heterocycles. The van der Waals surface area contributed by atoms with Gasteiger partial charge in [0.25, 0.3) is 0 Å². The van der Waals surface area contributed by atoms with Crippen molar-refractivity contribution in [1.29, 1.82) is 0 Å². The minimum absolute atomic E-state index is 0.512. The summed E-state index contributed by atoms with van der Waals surface area (Å²) in [5.41, 5.74) is 22.7. The lowest BCUT2D eigenvalue weighted by atomic mass is 9.98. The molecule has 0 aliphatic rings. The molecule has 0 unspecified atom stereocenters. The van der Waals surface area contributed by atoms with Gasteiger partial charge in [0.05, 0.1) is 17.4 Å². The molecule has 5 heteroatoms. The van der Waals surface area contributed by atoms with Crippen LogP contribution in [0.3, 0.4) is 0 Å². The zero-order chi connectivity index (χ0) is 19.5. The summed E-state index contributed by atoms with van der Waals surface area (Å²) < 4.78 is 7.97. The van der Waals surface area contributed by atoms with Gasteiger partial charge in [0.2, 0.25) is 11.2 Å². The summed E-state index contributed by atoms with van der Waals surface area (Å²) in [6, 6.07) is 22.5. The molecule has 5 nitrogen and oxygen atoms in total. The Bertz CT molecular complexity index is 1130. The van der Waals surface area contributed by atoms with Gasteiger partial charge in [0.15, 0.2) is 6.54 Å². The molecule has 28 heavy (non-hydrogen) atoms. The van der Waals surface area contributed by atoms with Gasteiger partial charge < -0.3 is 21.9 Å². The zero-order valence-electron chi connectivity index (χ0n) is 15.8. The van der Waals surface area contributed by atoms with Gasteiger partial charge >= 0.3 is 0 Å². The molecule has 0 spiro atoms. The SMILES string of the molecule is NCCOCC[n+]1c(-c2ccccc2)c2cc(N)ccc2c2ccc(N)cc21. The number of benzene rings is 3. The summed E-state index contributed by atoms with van der Waals surface area (Å²) in [5, 5.41) is 3.41. The van der Waals surface area contributed by atoms with E-state index >= 15 is 0 Å². The van der Waals surface area contributed by atoms with Crippen molar-refractivity contribution in [3.8, 4) is 11.3 Å². The Morgan fingerprint density at radius 2 is 1.46 bits per heavy atom. The molecule has 0 aliphatic carbocycles. The number of nitrogens with two attached hydrogens (primary N) is 3. The van der Waals surface area contributed by atoms with Crippen LogP contribution in [-0.2, 0) is 11.3 Å². The largest absolute Gasteiger partial charge is 0.399 e. The summed E-state index contributed by atoms with van der Waals surface area (Å²) in [6.07, 6.45) is 0. The molecule has 0 bridgehead atoms. The first-order valence-corrected chi connectivity index (χ1v) is 9.46. The highest BCUT2D eigenvalue weighted by atomic mass is 16.5. The van der Waals surface area contributed by atoms with Crippen LogP contribution in [0, 0.1) is 0 Å². The molecule has 0 aliphatic heterocycles. The molecule has 0 fully saturated rings. The number of nitrogen functional groups attached to an aromatic ring is 2. The van der Waals surface area contributed by atoms with E-state index in [2.05, 4.69) is 28.8 Å². The Hall–Kier alpha value is -3.15. The number of nitrogens with zero attached hydrogens (tertiary/aromatic N) is 1. The maximum absolute atomic E-state index is 6.16. The molecule has 0 radical (unpaired) electrons. The minimum atomic E-state index is 0.512. The van der Waals surface area contributed by atoms with Gasteiger partial charge in [-0.15, -0.1) is 0 Å². The van der Waals surface area contributed by atoms with Crippen molar-refractivity contribution in [3.05, 3.63) is 66.7 Å². The predicted octanol–water partition coefficient (Wildman–Crippen LogP) is 3.09.